The van der Waals surface area contributed by atoms with E-state index in [0.29, 0.717) is 6.42 Å². The zero-order valence-electron chi connectivity index (χ0n) is 15.9. The van der Waals surface area contributed by atoms with Gasteiger partial charge in [0.1, 0.15) is 11.5 Å². The lowest BCUT2D eigenvalue weighted by Gasteiger charge is -2.08. The molecule has 3 heteroatoms. The van der Waals surface area contributed by atoms with E-state index >= 15 is 0 Å². The fourth-order valence-electron chi connectivity index (χ4n) is 2.87. The number of carbonyl (C=O) groups excluding carboxylic acids is 1. The van der Waals surface area contributed by atoms with Crippen molar-refractivity contribution in [2.45, 2.75) is 64.7 Å². The lowest BCUT2D eigenvalue weighted by molar-refractivity contribution is -0.116. The molecule has 0 saturated heterocycles. The third kappa shape index (κ3) is 8.19. The van der Waals surface area contributed by atoms with E-state index in [4.69, 9.17) is 4.74 Å². The maximum Gasteiger partial charge on any atom is 0.224 e. The average molecular weight is 354 g/mol. The Balaban J connectivity index is 1.61. The van der Waals surface area contributed by atoms with E-state index < -0.39 is 0 Å². The van der Waals surface area contributed by atoms with Gasteiger partial charge in [-0.2, -0.15) is 0 Å². The molecule has 0 unspecified atom stereocenters. The molecule has 0 radical (unpaired) electrons. The molecule has 0 spiro atoms. The zero-order chi connectivity index (χ0) is 18.5. The molecule has 0 aliphatic heterocycles. The standard InChI is InChI=1S/C23H31NO2/c1-2-3-4-5-6-7-8-12-15-23(25)24-20-16-18-22(19-17-20)26-21-13-10-9-11-14-21/h9-11,13-14,16-19H,2-8,12,15H2,1H3,(H,24,25). The van der Waals surface area contributed by atoms with Crippen LogP contribution in [-0.2, 0) is 4.79 Å². The molecule has 0 heterocycles. The molecule has 140 valence electrons. The minimum Gasteiger partial charge on any atom is -0.457 e. The van der Waals surface area contributed by atoms with Crippen molar-refractivity contribution in [3.05, 3.63) is 54.6 Å². The Morgan fingerprint density at radius 2 is 1.35 bits per heavy atom. The van der Waals surface area contributed by atoms with Gasteiger partial charge in [0.25, 0.3) is 0 Å². The van der Waals surface area contributed by atoms with E-state index in [9.17, 15) is 4.79 Å². The van der Waals surface area contributed by atoms with Gasteiger partial charge in [-0.1, -0.05) is 70.1 Å². The smallest absolute Gasteiger partial charge is 0.224 e. The number of anilines is 1. The van der Waals surface area contributed by atoms with Gasteiger partial charge in [0.2, 0.25) is 5.91 Å². The quantitative estimate of drug-likeness (QED) is 0.419. The van der Waals surface area contributed by atoms with Crippen molar-refractivity contribution in [1.82, 2.24) is 0 Å². The van der Waals surface area contributed by atoms with Gasteiger partial charge in [0.15, 0.2) is 0 Å². The number of amides is 1. The van der Waals surface area contributed by atoms with Crippen LogP contribution >= 0.6 is 0 Å². The van der Waals surface area contributed by atoms with E-state index in [-0.39, 0.29) is 5.91 Å². The predicted octanol–water partition coefficient (Wildman–Crippen LogP) is 6.95. The van der Waals surface area contributed by atoms with E-state index in [1.54, 1.807) is 0 Å². The van der Waals surface area contributed by atoms with Gasteiger partial charge in [-0.05, 0) is 42.8 Å². The Bertz CT molecular complexity index is 622. The summed E-state index contributed by atoms with van der Waals surface area (Å²) in [6, 6.07) is 17.2. The fraction of sp³-hybridized carbons (Fsp3) is 0.435. The molecule has 0 bridgehead atoms. The number of carbonyl (C=O) groups is 1. The molecule has 2 aromatic carbocycles. The van der Waals surface area contributed by atoms with E-state index in [1.165, 1.54) is 38.5 Å². The molecular weight excluding hydrogens is 322 g/mol. The van der Waals surface area contributed by atoms with Crippen molar-refractivity contribution >= 4 is 11.6 Å². The molecule has 0 atom stereocenters. The van der Waals surface area contributed by atoms with Crippen LogP contribution in [0, 0.1) is 0 Å². The summed E-state index contributed by atoms with van der Waals surface area (Å²) in [6.45, 7) is 2.24. The first-order valence-electron chi connectivity index (χ1n) is 9.91. The van der Waals surface area contributed by atoms with Crippen LogP contribution in [0.2, 0.25) is 0 Å². The average Bonchev–Trinajstić information content (AvgIpc) is 2.66. The van der Waals surface area contributed by atoms with E-state index in [0.717, 1.165) is 30.0 Å². The first-order valence-corrected chi connectivity index (χ1v) is 9.91. The second-order valence-electron chi connectivity index (χ2n) is 6.71. The molecule has 0 aliphatic carbocycles. The van der Waals surface area contributed by atoms with Crippen molar-refractivity contribution in [2.75, 3.05) is 5.32 Å². The summed E-state index contributed by atoms with van der Waals surface area (Å²) in [7, 11) is 0. The molecule has 0 saturated carbocycles. The fourth-order valence-corrected chi connectivity index (χ4v) is 2.87. The maximum atomic E-state index is 12.0. The van der Waals surface area contributed by atoms with Crippen molar-refractivity contribution in [2.24, 2.45) is 0 Å². The minimum absolute atomic E-state index is 0.0905. The van der Waals surface area contributed by atoms with Gasteiger partial charge < -0.3 is 10.1 Å². The summed E-state index contributed by atoms with van der Waals surface area (Å²) >= 11 is 0. The van der Waals surface area contributed by atoms with E-state index in [2.05, 4.69) is 12.2 Å². The topological polar surface area (TPSA) is 38.3 Å². The lowest BCUT2D eigenvalue weighted by atomic mass is 10.1. The monoisotopic (exact) mass is 353 g/mol. The zero-order valence-corrected chi connectivity index (χ0v) is 15.9. The first kappa shape index (κ1) is 20.0. The predicted molar refractivity (Wildman–Crippen MR) is 109 cm³/mol. The number of ether oxygens (including phenoxy) is 1. The summed E-state index contributed by atoms with van der Waals surface area (Å²) < 4.78 is 5.75. The van der Waals surface area contributed by atoms with Crippen LogP contribution < -0.4 is 10.1 Å². The first-order chi connectivity index (χ1) is 12.8. The van der Waals surface area contributed by atoms with Crippen molar-refractivity contribution in [3.63, 3.8) is 0 Å². The second-order valence-corrected chi connectivity index (χ2v) is 6.71. The van der Waals surface area contributed by atoms with Crippen LogP contribution in [0.1, 0.15) is 64.7 Å². The molecule has 2 rings (SSSR count). The third-order valence-corrected chi connectivity index (χ3v) is 4.37. The van der Waals surface area contributed by atoms with Gasteiger partial charge in [0, 0.05) is 12.1 Å². The number of unbranched alkanes of at least 4 members (excludes halogenated alkanes) is 7. The van der Waals surface area contributed by atoms with Crippen LogP contribution in [0.25, 0.3) is 0 Å². The van der Waals surface area contributed by atoms with Gasteiger partial charge >= 0.3 is 0 Å². The molecule has 26 heavy (non-hydrogen) atoms. The van der Waals surface area contributed by atoms with Gasteiger partial charge in [-0.3, -0.25) is 4.79 Å². The Hall–Kier alpha value is -2.29. The van der Waals surface area contributed by atoms with Gasteiger partial charge in [-0.15, -0.1) is 0 Å². The number of rotatable bonds is 12. The number of hydrogen-bond acceptors (Lipinski definition) is 2. The second kappa shape index (κ2) is 12.1. The Morgan fingerprint density at radius 3 is 2.00 bits per heavy atom. The molecule has 3 nitrogen and oxygen atoms in total. The van der Waals surface area contributed by atoms with Crippen molar-refractivity contribution in [3.8, 4) is 11.5 Å². The van der Waals surface area contributed by atoms with Crippen LogP contribution in [0.3, 0.4) is 0 Å². The lowest BCUT2D eigenvalue weighted by Crippen LogP contribution is -2.10. The van der Waals surface area contributed by atoms with Gasteiger partial charge in [0.05, 0.1) is 0 Å². The number of nitrogens with one attached hydrogen (secondary N) is 1. The summed E-state index contributed by atoms with van der Waals surface area (Å²) in [5.74, 6) is 1.66. The third-order valence-electron chi connectivity index (χ3n) is 4.37. The number of para-hydroxylation sites is 1. The summed E-state index contributed by atoms with van der Waals surface area (Å²) in [4.78, 5) is 12.0. The largest absolute Gasteiger partial charge is 0.457 e. The summed E-state index contributed by atoms with van der Waals surface area (Å²) in [5, 5.41) is 2.96. The molecule has 1 amide bonds. The molecule has 0 aliphatic rings. The number of benzene rings is 2. The summed E-state index contributed by atoms with van der Waals surface area (Å²) in [5.41, 5.74) is 0.815. The van der Waals surface area contributed by atoms with Crippen LogP contribution in [0.15, 0.2) is 54.6 Å². The normalized spacial score (nSPS) is 10.5. The highest BCUT2D eigenvalue weighted by atomic mass is 16.5. The molecule has 2 aromatic rings. The van der Waals surface area contributed by atoms with E-state index in [1.807, 2.05) is 54.6 Å². The minimum atomic E-state index is 0.0905. The maximum absolute atomic E-state index is 12.0. The molecular formula is C23H31NO2. The Morgan fingerprint density at radius 1 is 0.769 bits per heavy atom. The Labute approximate surface area is 157 Å². The van der Waals surface area contributed by atoms with Crippen LogP contribution in [-0.4, -0.2) is 5.91 Å². The Kier molecular flexibility index (Phi) is 9.34. The highest BCUT2D eigenvalue weighted by Crippen LogP contribution is 2.22. The molecule has 0 aromatic heterocycles. The molecule has 0 fully saturated rings. The van der Waals surface area contributed by atoms with Crippen LogP contribution in [0.4, 0.5) is 5.69 Å². The van der Waals surface area contributed by atoms with Crippen molar-refractivity contribution in [1.29, 1.82) is 0 Å². The summed E-state index contributed by atoms with van der Waals surface area (Å²) in [6.07, 6.45) is 10.6. The molecule has 1 N–H and O–H groups in total. The van der Waals surface area contributed by atoms with Crippen LogP contribution in [0.5, 0.6) is 11.5 Å². The highest BCUT2D eigenvalue weighted by molar-refractivity contribution is 5.90. The highest BCUT2D eigenvalue weighted by Gasteiger charge is 2.03. The SMILES string of the molecule is CCCCCCCCCCC(=O)Nc1ccc(Oc2ccccc2)cc1. The number of hydrogen-bond donors (Lipinski definition) is 1. The van der Waals surface area contributed by atoms with Crippen molar-refractivity contribution < 1.29 is 9.53 Å². The van der Waals surface area contributed by atoms with Gasteiger partial charge in [-0.25, -0.2) is 0 Å².